The van der Waals surface area contributed by atoms with Gasteiger partial charge in [-0.05, 0) is 70.5 Å². The number of rotatable bonds is 18. The largest absolute Gasteiger partial charge is 0.494 e. The molecule has 0 saturated heterocycles. The predicted octanol–water partition coefficient (Wildman–Crippen LogP) is 2.64. The molecule has 4 aromatic heterocycles. The average molecular weight is 795 g/mol. The number of primary amides is 2. The van der Waals surface area contributed by atoms with Gasteiger partial charge in [0.25, 0.3) is 11.8 Å². The Morgan fingerprint density at radius 1 is 0.724 bits per heavy atom. The number of hydrazine groups is 1. The molecule has 9 N–H and O–H groups in total. The summed E-state index contributed by atoms with van der Waals surface area (Å²) in [6.45, 7) is 9.34. The van der Waals surface area contributed by atoms with E-state index in [0.717, 1.165) is 0 Å². The van der Waals surface area contributed by atoms with Gasteiger partial charge < -0.3 is 30.1 Å². The average Bonchev–Trinajstić information content (AvgIpc) is 3.96. The highest BCUT2D eigenvalue weighted by Crippen LogP contribution is 2.33. The molecule has 2 aromatic carbocycles. The van der Waals surface area contributed by atoms with Crippen molar-refractivity contribution in [2.24, 2.45) is 17.3 Å². The molecule has 6 aromatic rings. The van der Waals surface area contributed by atoms with Crippen LogP contribution in [0.5, 0.6) is 11.5 Å². The van der Waals surface area contributed by atoms with Gasteiger partial charge in [0.2, 0.25) is 23.7 Å². The van der Waals surface area contributed by atoms with Crippen molar-refractivity contribution in [1.82, 2.24) is 44.1 Å². The predicted molar refractivity (Wildman–Crippen MR) is 216 cm³/mol. The van der Waals surface area contributed by atoms with Gasteiger partial charge in [-0.2, -0.15) is 10.2 Å². The highest BCUT2D eigenvalue weighted by Gasteiger charge is 2.23. The van der Waals surface area contributed by atoms with E-state index >= 15 is 0 Å². The minimum atomic E-state index is -0.680. The van der Waals surface area contributed by atoms with Crippen LogP contribution in [-0.2, 0) is 26.2 Å². The lowest BCUT2D eigenvalue weighted by Crippen LogP contribution is -2.24. The summed E-state index contributed by atoms with van der Waals surface area (Å²) in [5.74, 6) is 4.21. The molecule has 4 heterocycles. The van der Waals surface area contributed by atoms with E-state index in [9.17, 15) is 19.2 Å². The third kappa shape index (κ3) is 8.37. The Hall–Kier alpha value is -7.06. The lowest BCUT2D eigenvalue weighted by molar-refractivity contribution is 0.0991. The third-order valence-corrected chi connectivity index (χ3v) is 9.19. The smallest absolute Gasteiger partial charge is 0.276 e. The number of allylic oxidation sites excluding steroid dienone is 2. The number of fused-ring (bicyclic) bond motifs is 2. The van der Waals surface area contributed by atoms with Crippen LogP contribution in [0.1, 0.15) is 73.3 Å². The second-order valence-corrected chi connectivity index (χ2v) is 13.2. The van der Waals surface area contributed by atoms with Crippen molar-refractivity contribution in [3.63, 3.8) is 0 Å². The summed E-state index contributed by atoms with van der Waals surface area (Å²) in [5.41, 5.74) is 18.0. The maximum absolute atomic E-state index is 13.7. The maximum atomic E-state index is 13.7. The van der Waals surface area contributed by atoms with Gasteiger partial charge in [0.05, 0.1) is 36.1 Å². The fourth-order valence-electron chi connectivity index (χ4n) is 6.54. The van der Waals surface area contributed by atoms with Crippen LogP contribution in [0.25, 0.3) is 22.1 Å². The third-order valence-electron chi connectivity index (χ3n) is 9.19. The van der Waals surface area contributed by atoms with E-state index in [1.807, 2.05) is 26.0 Å². The molecule has 0 atom stereocenters. The molecule has 20 heteroatoms. The van der Waals surface area contributed by atoms with E-state index < -0.39 is 23.6 Å². The van der Waals surface area contributed by atoms with Gasteiger partial charge in [0.15, 0.2) is 0 Å². The van der Waals surface area contributed by atoms with Crippen LogP contribution in [0.4, 0.5) is 11.9 Å². The van der Waals surface area contributed by atoms with E-state index in [1.165, 1.54) is 31.4 Å². The summed E-state index contributed by atoms with van der Waals surface area (Å²) in [4.78, 5) is 61.2. The summed E-state index contributed by atoms with van der Waals surface area (Å²) in [6.07, 6.45) is 4.22. The highest BCUT2D eigenvalue weighted by molar-refractivity contribution is 6.05. The summed E-state index contributed by atoms with van der Waals surface area (Å²) >= 11 is 0. The standard InChI is InChI=1S/C38H46N14O6/c1-6-51-27(15-21(3)47-51)35(55)45-37-43-25-17-23(33(39)53)19-29(57-5)31(25)49(37)12-8-9-13-50-32-26(18-24(34(40)54)20-30(32)58-14-10-11-42-41)44-38(50)46-36(56)28-16-22(4)48-52(28)7-2/h8-9,15-20,42H,6-7,10-14,41H2,1-5H3,(H2,39,53)(H2,40,54)(H,43,45,55)(H,44,46,56)/b9-8+. The Morgan fingerprint density at radius 2 is 1.19 bits per heavy atom. The molecular formula is C38H46N14O6. The number of nitrogens with two attached hydrogens (primary N) is 3. The zero-order valence-corrected chi connectivity index (χ0v) is 32.8. The highest BCUT2D eigenvalue weighted by atomic mass is 16.5. The molecule has 0 saturated carbocycles. The lowest BCUT2D eigenvalue weighted by atomic mass is 10.1. The molecule has 58 heavy (non-hydrogen) atoms. The molecule has 0 bridgehead atoms. The Balaban J connectivity index is 1.41. The molecule has 20 nitrogen and oxygen atoms in total. The number of methoxy groups -OCH3 is 1. The number of imidazole rings is 2. The monoisotopic (exact) mass is 794 g/mol. The van der Waals surface area contributed by atoms with Crippen molar-refractivity contribution in [3.8, 4) is 11.5 Å². The number of amides is 4. The van der Waals surface area contributed by atoms with E-state index in [2.05, 4.69) is 31.2 Å². The number of nitrogens with zero attached hydrogens (tertiary/aromatic N) is 8. The number of ether oxygens (including phenoxy) is 2. The Bertz CT molecular complexity index is 2560. The van der Waals surface area contributed by atoms with Crippen LogP contribution in [0.15, 0.2) is 48.6 Å². The molecule has 0 aliphatic heterocycles. The molecule has 4 amide bonds. The number of aromatic nitrogens is 8. The van der Waals surface area contributed by atoms with Crippen molar-refractivity contribution in [1.29, 1.82) is 0 Å². The minimum absolute atomic E-state index is 0.154. The quantitative estimate of drug-likeness (QED) is 0.0317. The summed E-state index contributed by atoms with van der Waals surface area (Å²) in [7, 11) is 1.46. The normalized spacial score (nSPS) is 11.5. The number of hydrogen-bond donors (Lipinski definition) is 6. The van der Waals surface area contributed by atoms with Gasteiger partial charge in [0, 0.05) is 43.9 Å². The molecule has 0 aliphatic carbocycles. The van der Waals surface area contributed by atoms with Crippen LogP contribution in [-0.4, -0.2) is 82.6 Å². The Morgan fingerprint density at radius 3 is 1.62 bits per heavy atom. The summed E-state index contributed by atoms with van der Waals surface area (Å²) in [5, 5.41) is 14.6. The van der Waals surface area contributed by atoms with Gasteiger partial charge in [-0.1, -0.05) is 12.2 Å². The number of carbonyl (C=O) groups is 4. The van der Waals surface area contributed by atoms with Crippen molar-refractivity contribution >= 4 is 57.6 Å². The molecule has 0 spiro atoms. The van der Waals surface area contributed by atoms with Gasteiger partial charge in [-0.25, -0.2) is 9.97 Å². The van der Waals surface area contributed by atoms with E-state index in [1.54, 1.807) is 44.5 Å². The first-order chi connectivity index (χ1) is 27.9. The first-order valence-corrected chi connectivity index (χ1v) is 18.5. The van der Waals surface area contributed by atoms with Crippen molar-refractivity contribution in [2.45, 2.75) is 60.3 Å². The second kappa shape index (κ2) is 17.4. The van der Waals surface area contributed by atoms with Gasteiger partial charge in [-0.15, -0.1) is 0 Å². The number of carbonyl (C=O) groups excluding carboxylic acids is 4. The zero-order chi connectivity index (χ0) is 41.7. The minimum Gasteiger partial charge on any atom is -0.494 e. The van der Waals surface area contributed by atoms with Crippen molar-refractivity contribution in [2.75, 3.05) is 30.9 Å². The molecular weight excluding hydrogens is 749 g/mol. The molecule has 0 fully saturated rings. The first kappa shape index (κ1) is 40.6. The molecule has 0 unspecified atom stereocenters. The van der Waals surface area contributed by atoms with Crippen LogP contribution >= 0.6 is 0 Å². The summed E-state index contributed by atoms with van der Waals surface area (Å²) in [6, 6.07) is 9.47. The maximum Gasteiger partial charge on any atom is 0.276 e. The summed E-state index contributed by atoms with van der Waals surface area (Å²) < 4.78 is 18.5. The fraction of sp³-hybridized carbons (Fsp3) is 0.316. The van der Waals surface area contributed by atoms with Crippen LogP contribution < -0.4 is 42.8 Å². The second-order valence-electron chi connectivity index (χ2n) is 13.2. The van der Waals surface area contributed by atoms with Crippen molar-refractivity contribution < 1.29 is 28.7 Å². The van der Waals surface area contributed by atoms with Crippen LogP contribution in [0, 0.1) is 13.8 Å². The lowest BCUT2D eigenvalue weighted by Gasteiger charge is -2.13. The number of aryl methyl sites for hydroxylation is 4. The SMILES string of the molecule is CCn1nc(C)cc1C(=O)Nc1nc2cc(C(N)=O)cc(OC)c2n1C/C=C/Cn1c(NC(=O)c2cc(C)nn2CC)nc2cc(C(N)=O)cc(OCCCNN)c21. The first-order valence-electron chi connectivity index (χ1n) is 18.5. The Labute approximate surface area is 332 Å². The van der Waals surface area contributed by atoms with E-state index in [-0.39, 0.29) is 42.7 Å². The topological polar surface area (TPSA) is 272 Å². The van der Waals surface area contributed by atoms with Crippen molar-refractivity contribution in [3.05, 3.63) is 82.5 Å². The van der Waals surface area contributed by atoms with Gasteiger partial charge in [-0.3, -0.25) is 50.4 Å². The van der Waals surface area contributed by atoms with E-state index in [0.29, 0.717) is 82.4 Å². The van der Waals surface area contributed by atoms with Gasteiger partial charge in [0.1, 0.15) is 33.9 Å². The van der Waals surface area contributed by atoms with E-state index in [4.69, 9.17) is 31.8 Å². The molecule has 6 rings (SSSR count). The van der Waals surface area contributed by atoms with Crippen LogP contribution in [0.2, 0.25) is 0 Å². The number of benzene rings is 2. The molecule has 304 valence electrons. The Kier molecular flexibility index (Phi) is 12.2. The van der Waals surface area contributed by atoms with Crippen LogP contribution in [0.3, 0.4) is 0 Å². The number of anilines is 2. The molecule has 0 radical (unpaired) electrons. The molecule has 0 aliphatic rings. The number of hydrogen-bond acceptors (Lipinski definition) is 12. The fourth-order valence-corrected chi connectivity index (χ4v) is 6.54. The van der Waals surface area contributed by atoms with Gasteiger partial charge >= 0.3 is 0 Å². The zero-order valence-electron chi connectivity index (χ0n) is 32.8. The number of nitrogens with one attached hydrogen (secondary N) is 3.